The second-order valence-electron chi connectivity index (χ2n) is 7.13. The first-order valence-corrected chi connectivity index (χ1v) is 12.0. The largest absolute Gasteiger partial charge is 0.493 e. The Bertz CT molecular complexity index is 1420. The summed E-state index contributed by atoms with van der Waals surface area (Å²) in [5, 5.41) is 6.41. The number of amides is 1. The Morgan fingerprint density at radius 1 is 1.29 bits per heavy atom. The summed E-state index contributed by atoms with van der Waals surface area (Å²) in [7, 11) is 1.55. The van der Waals surface area contributed by atoms with Crippen LogP contribution in [0.1, 0.15) is 12.5 Å². The number of halogens is 1. The Morgan fingerprint density at radius 3 is 2.82 bits per heavy atom. The molecule has 2 aromatic carbocycles. The summed E-state index contributed by atoms with van der Waals surface area (Å²) >= 11 is 4.85. The van der Waals surface area contributed by atoms with Crippen LogP contribution >= 0.6 is 27.3 Å². The van der Waals surface area contributed by atoms with Crippen LogP contribution in [-0.4, -0.2) is 35.4 Å². The Balaban J connectivity index is 1.50. The Hall–Kier alpha value is -3.50. The summed E-state index contributed by atoms with van der Waals surface area (Å²) in [5.41, 5.74) is 4.60. The fourth-order valence-electron chi connectivity index (χ4n) is 3.38. The van der Waals surface area contributed by atoms with Gasteiger partial charge in [0.1, 0.15) is 11.4 Å². The molecule has 34 heavy (non-hydrogen) atoms. The van der Waals surface area contributed by atoms with Gasteiger partial charge in [-0.3, -0.25) is 14.2 Å². The van der Waals surface area contributed by atoms with Crippen molar-refractivity contribution in [1.82, 2.24) is 15.0 Å². The van der Waals surface area contributed by atoms with E-state index in [2.05, 4.69) is 31.4 Å². The molecule has 0 aliphatic heterocycles. The number of nitrogens with one attached hydrogen (secondary N) is 1. The van der Waals surface area contributed by atoms with Gasteiger partial charge in [0.05, 0.1) is 36.1 Å². The maximum absolute atomic E-state index is 13.1. The second kappa shape index (κ2) is 10.6. The average Bonchev–Trinajstić information content (AvgIpc) is 3.28. The maximum Gasteiger partial charge on any atom is 0.263 e. The number of methoxy groups -OCH3 is 1. The van der Waals surface area contributed by atoms with E-state index in [0.717, 1.165) is 11.1 Å². The van der Waals surface area contributed by atoms with E-state index in [1.54, 1.807) is 19.2 Å². The number of hydrogen-bond acceptors (Lipinski definition) is 7. The second-order valence-corrected chi connectivity index (χ2v) is 8.85. The lowest BCUT2D eigenvalue weighted by Gasteiger charge is -2.12. The van der Waals surface area contributed by atoms with E-state index < -0.39 is 5.91 Å². The van der Waals surface area contributed by atoms with E-state index in [1.807, 2.05) is 42.6 Å². The molecule has 8 nitrogen and oxygen atoms in total. The molecule has 0 aliphatic carbocycles. The topological polar surface area (TPSA) is 94.8 Å². The predicted molar refractivity (Wildman–Crippen MR) is 137 cm³/mol. The van der Waals surface area contributed by atoms with Gasteiger partial charge in [-0.2, -0.15) is 5.10 Å². The zero-order valence-electron chi connectivity index (χ0n) is 18.4. The summed E-state index contributed by atoms with van der Waals surface area (Å²) in [6.45, 7) is 2.17. The molecular weight excluding hydrogens is 520 g/mol. The maximum atomic E-state index is 13.1. The highest BCUT2D eigenvalue weighted by Crippen LogP contribution is 2.36. The fraction of sp³-hybridized carbons (Fsp3) is 0.167. The van der Waals surface area contributed by atoms with E-state index in [0.29, 0.717) is 38.4 Å². The molecule has 4 aromatic rings. The summed E-state index contributed by atoms with van der Waals surface area (Å²) in [6, 6.07) is 13.2. The van der Waals surface area contributed by atoms with Crippen LogP contribution in [0.3, 0.4) is 0 Å². The minimum atomic E-state index is -0.451. The lowest BCUT2D eigenvalue weighted by atomic mass is 10.1. The molecule has 4 rings (SSSR count). The molecule has 0 aliphatic rings. The minimum Gasteiger partial charge on any atom is -0.493 e. The van der Waals surface area contributed by atoms with Crippen LogP contribution in [0.2, 0.25) is 0 Å². The number of carbonyl (C=O) groups is 1. The fourth-order valence-corrected chi connectivity index (χ4v) is 4.86. The zero-order chi connectivity index (χ0) is 24.1. The van der Waals surface area contributed by atoms with Gasteiger partial charge < -0.3 is 9.47 Å². The Morgan fingerprint density at radius 2 is 2.09 bits per heavy atom. The number of fused-ring (bicyclic) bond motifs is 1. The number of hydrazone groups is 1. The molecule has 0 saturated carbocycles. The molecule has 0 radical (unpaired) electrons. The van der Waals surface area contributed by atoms with Gasteiger partial charge >= 0.3 is 0 Å². The lowest BCUT2D eigenvalue weighted by Crippen LogP contribution is -2.30. The van der Waals surface area contributed by atoms with Gasteiger partial charge in [-0.05, 0) is 46.1 Å². The number of carbonyl (C=O) groups excluding carboxylic acids is 1. The van der Waals surface area contributed by atoms with Gasteiger partial charge in [-0.1, -0.05) is 30.3 Å². The Kier molecular flexibility index (Phi) is 7.39. The average molecular weight is 541 g/mol. The number of rotatable bonds is 8. The van der Waals surface area contributed by atoms with Gasteiger partial charge in [0.15, 0.2) is 11.5 Å². The molecule has 2 aromatic heterocycles. The number of thiophene rings is 1. The van der Waals surface area contributed by atoms with Crippen molar-refractivity contribution in [3.8, 4) is 22.6 Å². The van der Waals surface area contributed by atoms with Gasteiger partial charge in [0.25, 0.3) is 11.5 Å². The predicted octanol–water partition coefficient (Wildman–Crippen LogP) is 4.45. The van der Waals surface area contributed by atoms with Gasteiger partial charge in [-0.15, -0.1) is 11.3 Å². The van der Waals surface area contributed by atoms with Gasteiger partial charge in [-0.25, -0.2) is 10.4 Å². The van der Waals surface area contributed by atoms with Crippen molar-refractivity contribution >= 4 is 49.6 Å². The summed E-state index contributed by atoms with van der Waals surface area (Å²) in [4.78, 5) is 30.5. The van der Waals surface area contributed by atoms with Crippen LogP contribution in [-0.2, 0) is 11.3 Å². The van der Waals surface area contributed by atoms with E-state index in [1.165, 1.54) is 28.4 Å². The molecule has 2 heterocycles. The number of aromatic nitrogens is 2. The van der Waals surface area contributed by atoms with Crippen molar-refractivity contribution in [2.45, 2.75) is 13.5 Å². The van der Waals surface area contributed by atoms with Gasteiger partial charge in [0.2, 0.25) is 0 Å². The monoisotopic (exact) mass is 540 g/mol. The highest BCUT2D eigenvalue weighted by molar-refractivity contribution is 9.10. The smallest absolute Gasteiger partial charge is 0.263 e. The molecule has 0 spiro atoms. The van der Waals surface area contributed by atoms with E-state index in [9.17, 15) is 9.59 Å². The van der Waals surface area contributed by atoms with Crippen molar-refractivity contribution in [1.29, 1.82) is 0 Å². The summed E-state index contributed by atoms with van der Waals surface area (Å²) in [6.07, 6.45) is 2.87. The first-order chi connectivity index (χ1) is 16.5. The SMILES string of the molecule is CCOc1c(Br)cc(/C=N/NC(=O)Cn2cnc3scc(-c4ccccc4)c3c2=O)cc1OC. The molecule has 1 N–H and O–H groups in total. The number of benzene rings is 2. The van der Waals surface area contributed by atoms with Crippen LogP contribution in [0.4, 0.5) is 0 Å². The molecular formula is C24H21BrN4O4S. The highest BCUT2D eigenvalue weighted by Gasteiger charge is 2.15. The summed E-state index contributed by atoms with van der Waals surface area (Å²) in [5.74, 6) is 0.685. The third-order valence-electron chi connectivity index (χ3n) is 4.90. The quantitative estimate of drug-likeness (QED) is 0.263. The summed E-state index contributed by atoms with van der Waals surface area (Å²) < 4.78 is 12.9. The van der Waals surface area contributed by atoms with E-state index >= 15 is 0 Å². The molecule has 0 fully saturated rings. The number of ether oxygens (including phenoxy) is 2. The van der Waals surface area contributed by atoms with E-state index in [4.69, 9.17) is 9.47 Å². The normalized spacial score (nSPS) is 11.1. The molecule has 0 atom stereocenters. The van der Waals surface area contributed by atoms with Crippen molar-refractivity contribution in [2.75, 3.05) is 13.7 Å². The first kappa shape index (κ1) is 23.7. The third kappa shape index (κ3) is 5.02. The number of nitrogens with zero attached hydrogens (tertiary/aromatic N) is 3. The molecule has 0 bridgehead atoms. The standard InChI is InChI=1S/C24H21BrN4O4S/c1-3-33-22-18(25)9-15(10-19(22)32-2)11-27-28-20(30)12-29-14-26-23-21(24(29)31)17(13-34-23)16-7-5-4-6-8-16/h4-11,13-14H,3,12H2,1-2H3,(H,28,30)/b27-11+. The van der Waals surface area contributed by atoms with Crippen LogP contribution in [0.15, 0.2) is 68.5 Å². The third-order valence-corrected chi connectivity index (χ3v) is 6.38. The van der Waals surface area contributed by atoms with Crippen LogP contribution in [0.5, 0.6) is 11.5 Å². The van der Waals surface area contributed by atoms with Gasteiger partial charge in [0, 0.05) is 10.9 Å². The Labute approximate surface area is 208 Å². The minimum absolute atomic E-state index is 0.209. The van der Waals surface area contributed by atoms with Crippen molar-refractivity contribution in [3.05, 3.63) is 74.6 Å². The van der Waals surface area contributed by atoms with Crippen LogP contribution in [0, 0.1) is 0 Å². The van der Waals surface area contributed by atoms with E-state index in [-0.39, 0.29) is 12.1 Å². The molecule has 174 valence electrons. The van der Waals surface area contributed by atoms with Crippen LogP contribution < -0.4 is 20.5 Å². The van der Waals surface area contributed by atoms with Crippen LogP contribution in [0.25, 0.3) is 21.3 Å². The zero-order valence-corrected chi connectivity index (χ0v) is 20.9. The van der Waals surface area contributed by atoms with Crippen molar-refractivity contribution in [2.24, 2.45) is 5.10 Å². The molecule has 1 amide bonds. The number of hydrogen-bond donors (Lipinski definition) is 1. The molecule has 0 unspecified atom stereocenters. The van der Waals surface area contributed by atoms with Crippen molar-refractivity contribution in [3.63, 3.8) is 0 Å². The molecule has 0 saturated heterocycles. The van der Waals surface area contributed by atoms with Crippen molar-refractivity contribution < 1.29 is 14.3 Å². The lowest BCUT2D eigenvalue weighted by molar-refractivity contribution is -0.121. The highest BCUT2D eigenvalue weighted by atomic mass is 79.9. The first-order valence-electron chi connectivity index (χ1n) is 10.4. The molecule has 10 heteroatoms.